The zero-order chi connectivity index (χ0) is 20.0. The minimum Gasteiger partial charge on any atom is -0.469 e. The number of nitrogens with zero attached hydrogens (tertiary/aromatic N) is 2. The third-order valence-electron chi connectivity index (χ3n) is 6.04. The Kier molecular flexibility index (Phi) is 6.70. The second kappa shape index (κ2) is 9.22. The summed E-state index contributed by atoms with van der Waals surface area (Å²) in [6.45, 7) is 2.67. The molecule has 1 atom stereocenters. The SMILES string of the molecule is COC(=O)CCC(=O)N1CCC2(CCCN(CCCc3ccccc3)C2=O)C1. The molecule has 0 aliphatic carbocycles. The Bertz CT molecular complexity index is 706. The summed E-state index contributed by atoms with van der Waals surface area (Å²) in [6.07, 6.45) is 4.73. The zero-order valence-corrected chi connectivity index (χ0v) is 16.7. The number of likely N-dealkylation sites (tertiary alicyclic amines) is 2. The summed E-state index contributed by atoms with van der Waals surface area (Å²) < 4.78 is 4.60. The van der Waals surface area contributed by atoms with Crippen LogP contribution >= 0.6 is 0 Å². The first-order valence-electron chi connectivity index (χ1n) is 10.2. The zero-order valence-electron chi connectivity index (χ0n) is 16.7. The van der Waals surface area contributed by atoms with E-state index in [-0.39, 0.29) is 30.6 Å². The van der Waals surface area contributed by atoms with Crippen molar-refractivity contribution >= 4 is 17.8 Å². The topological polar surface area (TPSA) is 66.9 Å². The molecule has 2 aliphatic heterocycles. The number of hydrogen-bond acceptors (Lipinski definition) is 4. The van der Waals surface area contributed by atoms with E-state index in [0.29, 0.717) is 13.1 Å². The number of methoxy groups -OCH3 is 1. The fourth-order valence-corrected chi connectivity index (χ4v) is 4.42. The summed E-state index contributed by atoms with van der Waals surface area (Å²) in [4.78, 5) is 40.6. The molecule has 0 bridgehead atoms. The number of ether oxygens (including phenoxy) is 1. The first-order chi connectivity index (χ1) is 13.5. The maximum absolute atomic E-state index is 13.2. The van der Waals surface area contributed by atoms with E-state index in [0.717, 1.165) is 45.2 Å². The molecule has 0 radical (unpaired) electrons. The van der Waals surface area contributed by atoms with Crippen LogP contribution in [0.2, 0.25) is 0 Å². The highest BCUT2D eigenvalue weighted by molar-refractivity contribution is 5.87. The minimum atomic E-state index is -0.425. The summed E-state index contributed by atoms with van der Waals surface area (Å²) in [5.74, 6) is -0.230. The Morgan fingerprint density at radius 1 is 1.11 bits per heavy atom. The molecule has 3 rings (SSSR count). The van der Waals surface area contributed by atoms with Crippen LogP contribution in [0.5, 0.6) is 0 Å². The number of benzene rings is 1. The lowest BCUT2D eigenvalue weighted by molar-refractivity contribution is -0.147. The molecule has 28 heavy (non-hydrogen) atoms. The molecular formula is C22H30N2O4. The predicted octanol–water partition coefficient (Wildman–Crippen LogP) is 2.41. The third kappa shape index (κ3) is 4.72. The van der Waals surface area contributed by atoms with Crippen LogP contribution in [0.4, 0.5) is 0 Å². The fourth-order valence-electron chi connectivity index (χ4n) is 4.42. The van der Waals surface area contributed by atoms with Gasteiger partial charge in [0, 0.05) is 32.6 Å². The normalized spacial score (nSPS) is 22.0. The number of aryl methyl sites for hydroxylation is 1. The van der Waals surface area contributed by atoms with Gasteiger partial charge in [0.25, 0.3) is 0 Å². The average Bonchev–Trinajstić information content (AvgIpc) is 3.15. The molecule has 0 N–H and O–H groups in total. The van der Waals surface area contributed by atoms with E-state index in [4.69, 9.17) is 0 Å². The Morgan fingerprint density at radius 2 is 1.89 bits per heavy atom. The van der Waals surface area contributed by atoms with Gasteiger partial charge in [0.1, 0.15) is 0 Å². The van der Waals surface area contributed by atoms with Gasteiger partial charge >= 0.3 is 5.97 Å². The molecule has 1 aromatic carbocycles. The summed E-state index contributed by atoms with van der Waals surface area (Å²) in [5.41, 5.74) is 0.872. The average molecular weight is 386 g/mol. The van der Waals surface area contributed by atoms with Gasteiger partial charge in [0.2, 0.25) is 11.8 Å². The molecule has 6 heteroatoms. The molecule has 2 heterocycles. The Hall–Kier alpha value is -2.37. The lowest BCUT2D eigenvalue weighted by atomic mass is 9.78. The van der Waals surface area contributed by atoms with Gasteiger partial charge in [0.05, 0.1) is 18.9 Å². The van der Waals surface area contributed by atoms with Gasteiger partial charge in [-0.15, -0.1) is 0 Å². The van der Waals surface area contributed by atoms with Crippen LogP contribution in [0, 0.1) is 5.41 Å². The first kappa shape index (κ1) is 20.4. The van der Waals surface area contributed by atoms with Crippen molar-refractivity contribution in [2.75, 3.05) is 33.3 Å². The number of rotatable bonds is 7. The molecule has 2 amide bonds. The van der Waals surface area contributed by atoms with E-state index in [1.807, 2.05) is 23.1 Å². The molecule has 1 aromatic rings. The van der Waals surface area contributed by atoms with E-state index in [1.165, 1.54) is 12.7 Å². The highest BCUT2D eigenvalue weighted by Gasteiger charge is 2.49. The Morgan fingerprint density at radius 3 is 2.64 bits per heavy atom. The van der Waals surface area contributed by atoms with E-state index in [2.05, 4.69) is 16.9 Å². The summed E-state index contributed by atoms with van der Waals surface area (Å²) in [5, 5.41) is 0. The smallest absolute Gasteiger partial charge is 0.306 e. The number of esters is 1. The van der Waals surface area contributed by atoms with Crippen LogP contribution < -0.4 is 0 Å². The van der Waals surface area contributed by atoms with Gasteiger partial charge in [-0.25, -0.2) is 0 Å². The lowest BCUT2D eigenvalue weighted by Gasteiger charge is -2.39. The third-order valence-corrected chi connectivity index (χ3v) is 6.04. The standard InChI is InChI=1S/C22H30N2O4/c1-28-20(26)11-10-19(25)24-16-13-22(17-24)12-6-15-23(21(22)27)14-5-9-18-7-3-2-4-8-18/h2-4,7-8H,5-6,9-17H2,1H3. The van der Waals surface area contributed by atoms with E-state index in [1.54, 1.807) is 4.90 Å². The predicted molar refractivity (Wildman–Crippen MR) is 105 cm³/mol. The van der Waals surface area contributed by atoms with Gasteiger partial charge in [0.15, 0.2) is 0 Å². The van der Waals surface area contributed by atoms with E-state index in [9.17, 15) is 14.4 Å². The van der Waals surface area contributed by atoms with Crippen molar-refractivity contribution in [3.8, 4) is 0 Å². The second-order valence-electron chi connectivity index (χ2n) is 7.91. The Labute approximate surface area is 166 Å². The largest absolute Gasteiger partial charge is 0.469 e. The molecule has 2 aliphatic rings. The summed E-state index contributed by atoms with van der Waals surface area (Å²) >= 11 is 0. The lowest BCUT2D eigenvalue weighted by Crippen LogP contribution is -2.50. The van der Waals surface area contributed by atoms with Gasteiger partial charge < -0.3 is 14.5 Å². The number of piperidine rings is 1. The number of hydrogen-bond donors (Lipinski definition) is 0. The molecule has 1 spiro atoms. The first-order valence-corrected chi connectivity index (χ1v) is 10.2. The van der Waals surface area contributed by atoms with Gasteiger partial charge in [-0.05, 0) is 37.7 Å². The van der Waals surface area contributed by atoms with Gasteiger partial charge in [-0.1, -0.05) is 30.3 Å². The molecule has 0 aromatic heterocycles. The van der Waals surface area contributed by atoms with Crippen molar-refractivity contribution in [2.45, 2.75) is 44.9 Å². The van der Waals surface area contributed by atoms with Crippen molar-refractivity contribution in [1.82, 2.24) is 9.80 Å². The van der Waals surface area contributed by atoms with Crippen LogP contribution in [0.3, 0.4) is 0 Å². The van der Waals surface area contributed by atoms with Crippen molar-refractivity contribution in [3.63, 3.8) is 0 Å². The van der Waals surface area contributed by atoms with E-state index >= 15 is 0 Å². The second-order valence-corrected chi connectivity index (χ2v) is 7.91. The summed E-state index contributed by atoms with van der Waals surface area (Å²) in [6, 6.07) is 10.3. The molecule has 152 valence electrons. The molecular weight excluding hydrogens is 356 g/mol. The summed E-state index contributed by atoms with van der Waals surface area (Å²) in [7, 11) is 1.32. The van der Waals surface area contributed by atoms with Crippen LogP contribution in [0.1, 0.15) is 44.1 Å². The molecule has 2 saturated heterocycles. The maximum atomic E-state index is 13.2. The van der Waals surface area contributed by atoms with Crippen LogP contribution in [0.25, 0.3) is 0 Å². The van der Waals surface area contributed by atoms with Crippen molar-refractivity contribution < 1.29 is 19.1 Å². The fraction of sp³-hybridized carbons (Fsp3) is 0.591. The Balaban J connectivity index is 1.52. The molecule has 2 fully saturated rings. The highest BCUT2D eigenvalue weighted by Crippen LogP contribution is 2.40. The quantitative estimate of drug-likeness (QED) is 0.675. The van der Waals surface area contributed by atoms with E-state index < -0.39 is 5.41 Å². The molecule has 1 unspecified atom stereocenters. The maximum Gasteiger partial charge on any atom is 0.306 e. The monoisotopic (exact) mass is 386 g/mol. The van der Waals surface area contributed by atoms with Crippen molar-refractivity contribution in [2.24, 2.45) is 5.41 Å². The molecule has 0 saturated carbocycles. The van der Waals surface area contributed by atoms with Gasteiger partial charge in [-0.3, -0.25) is 14.4 Å². The van der Waals surface area contributed by atoms with Crippen LogP contribution in [0.15, 0.2) is 30.3 Å². The van der Waals surface area contributed by atoms with Crippen molar-refractivity contribution in [1.29, 1.82) is 0 Å². The van der Waals surface area contributed by atoms with Gasteiger partial charge in [-0.2, -0.15) is 0 Å². The number of amides is 2. The van der Waals surface area contributed by atoms with Crippen LogP contribution in [-0.2, 0) is 25.5 Å². The number of carbonyl (C=O) groups is 3. The van der Waals surface area contributed by atoms with Crippen LogP contribution in [-0.4, -0.2) is 60.9 Å². The molecule has 6 nitrogen and oxygen atoms in total. The highest BCUT2D eigenvalue weighted by atomic mass is 16.5. The number of carbonyl (C=O) groups excluding carboxylic acids is 3. The van der Waals surface area contributed by atoms with Crippen molar-refractivity contribution in [3.05, 3.63) is 35.9 Å². The minimum absolute atomic E-state index is 0.0590.